The second kappa shape index (κ2) is 3.19. The Morgan fingerprint density at radius 2 is 1.17 bits per heavy atom. The molecule has 0 fully saturated rings. The van der Waals surface area contributed by atoms with Gasteiger partial charge in [-0.1, -0.05) is 19.6 Å². The van der Waals surface area contributed by atoms with E-state index in [-0.39, 0.29) is 21.7 Å². The SMILES string of the molecule is C[Si](C)(C)[SiH3].[Ti]. The van der Waals surface area contributed by atoms with Crippen LogP contribution in [0.4, 0.5) is 0 Å². The van der Waals surface area contributed by atoms with E-state index in [1.165, 1.54) is 9.76 Å². The normalized spacial score (nSPS) is 10.5. The topological polar surface area (TPSA) is 0 Å². The van der Waals surface area contributed by atoms with Crippen LogP contribution in [0.2, 0.25) is 19.6 Å². The average molecular weight is 152 g/mol. The summed E-state index contributed by atoms with van der Waals surface area (Å²) < 4.78 is 0. The Bertz CT molecular complexity index is 24.3. The van der Waals surface area contributed by atoms with E-state index in [0.717, 1.165) is 0 Å². The molecule has 0 aromatic carbocycles. The first-order chi connectivity index (χ1) is 2.00. The first-order valence-corrected chi connectivity index (χ1v) is 9.00. The van der Waals surface area contributed by atoms with Crippen LogP contribution in [0, 0.1) is 0 Å². The van der Waals surface area contributed by atoms with Crippen molar-refractivity contribution in [3.63, 3.8) is 0 Å². The van der Waals surface area contributed by atoms with Gasteiger partial charge in [-0.25, -0.2) is 0 Å². The Balaban J connectivity index is 0. The maximum atomic E-state index is 2.39. The summed E-state index contributed by atoms with van der Waals surface area (Å²) in [7, 11) is 0.975. The molecule has 0 aromatic rings. The van der Waals surface area contributed by atoms with Gasteiger partial charge in [0, 0.05) is 29.3 Å². The maximum absolute atomic E-state index is 2.39. The van der Waals surface area contributed by atoms with Gasteiger partial charge in [0.2, 0.25) is 0 Å². The van der Waals surface area contributed by atoms with Gasteiger partial charge >= 0.3 is 0 Å². The van der Waals surface area contributed by atoms with Gasteiger partial charge in [-0.3, -0.25) is 0 Å². The Morgan fingerprint density at radius 3 is 1.17 bits per heavy atom. The number of rotatable bonds is 0. The summed E-state index contributed by atoms with van der Waals surface area (Å²) in [6.45, 7) is 7.16. The summed E-state index contributed by atoms with van der Waals surface area (Å²) in [5.74, 6) is 0. The van der Waals surface area contributed by atoms with Crippen molar-refractivity contribution in [3.05, 3.63) is 0 Å². The van der Waals surface area contributed by atoms with Crippen LogP contribution in [0.25, 0.3) is 0 Å². The van der Waals surface area contributed by atoms with Crippen molar-refractivity contribution < 1.29 is 21.7 Å². The molecule has 36 valence electrons. The van der Waals surface area contributed by atoms with Crippen molar-refractivity contribution >= 4 is 17.4 Å². The minimum atomic E-state index is -0.472. The van der Waals surface area contributed by atoms with Gasteiger partial charge < -0.3 is 0 Å². The van der Waals surface area contributed by atoms with E-state index < -0.39 is 7.59 Å². The third-order valence-electron chi connectivity index (χ3n) is 0. The molecule has 0 unspecified atom stereocenters. The first kappa shape index (κ1) is 10.2. The van der Waals surface area contributed by atoms with Gasteiger partial charge in [-0.2, -0.15) is 0 Å². The zero-order valence-electron chi connectivity index (χ0n) is 5.00. The van der Waals surface area contributed by atoms with Crippen molar-refractivity contribution in [2.45, 2.75) is 19.6 Å². The molecule has 0 saturated carbocycles. The molecule has 0 bridgehead atoms. The second-order valence-corrected chi connectivity index (χ2v) is 18.0. The molecule has 0 aliphatic rings. The third-order valence-corrected chi connectivity index (χ3v) is 0. The number of hydrogen-bond donors (Lipinski definition) is 0. The molecule has 0 aromatic heterocycles. The summed E-state index contributed by atoms with van der Waals surface area (Å²) in [6, 6.07) is 0. The largest absolute Gasteiger partial charge is 0.0722 e. The second-order valence-electron chi connectivity index (χ2n) is 3.00. The van der Waals surface area contributed by atoms with Crippen molar-refractivity contribution in [1.82, 2.24) is 0 Å². The van der Waals surface area contributed by atoms with Gasteiger partial charge in [-0.05, 0) is 9.76 Å². The van der Waals surface area contributed by atoms with Crippen LogP contribution in [-0.2, 0) is 21.7 Å². The van der Waals surface area contributed by atoms with Crippen molar-refractivity contribution in [1.29, 1.82) is 0 Å². The molecule has 6 heavy (non-hydrogen) atoms. The molecule has 0 aliphatic heterocycles. The Kier molecular flexibility index (Phi) is 5.42. The van der Waals surface area contributed by atoms with Gasteiger partial charge in [-0.15, -0.1) is 0 Å². The smallest absolute Gasteiger partial charge is 0.0271 e. The molecule has 0 aliphatic carbocycles. The van der Waals surface area contributed by atoms with Gasteiger partial charge in [0.1, 0.15) is 0 Å². The van der Waals surface area contributed by atoms with E-state index >= 15 is 0 Å². The first-order valence-electron chi connectivity index (χ1n) is 2.00. The molecule has 0 amide bonds. The fourth-order valence-electron chi connectivity index (χ4n) is 0. The third kappa shape index (κ3) is 67.2. The van der Waals surface area contributed by atoms with Crippen LogP contribution in [0.3, 0.4) is 0 Å². The summed E-state index contributed by atoms with van der Waals surface area (Å²) in [5.41, 5.74) is 0. The Hall–Kier alpha value is 1.15. The molecule has 0 radical (unpaired) electrons. The molecule has 0 spiro atoms. The maximum Gasteiger partial charge on any atom is 0.0271 e. The minimum Gasteiger partial charge on any atom is -0.0722 e. The summed E-state index contributed by atoms with van der Waals surface area (Å²) in [5, 5.41) is 0. The van der Waals surface area contributed by atoms with E-state index in [1.807, 2.05) is 0 Å². The molecule has 0 rings (SSSR count). The summed E-state index contributed by atoms with van der Waals surface area (Å²) >= 11 is 0. The van der Waals surface area contributed by atoms with E-state index in [2.05, 4.69) is 19.6 Å². The van der Waals surface area contributed by atoms with Crippen LogP contribution >= 0.6 is 0 Å². The molecule has 0 heterocycles. The van der Waals surface area contributed by atoms with Crippen molar-refractivity contribution in [2.75, 3.05) is 0 Å². The predicted molar refractivity (Wildman–Crippen MR) is 33.3 cm³/mol. The van der Waals surface area contributed by atoms with Crippen LogP contribution in [0.5, 0.6) is 0 Å². The van der Waals surface area contributed by atoms with Crippen molar-refractivity contribution in [2.24, 2.45) is 0 Å². The van der Waals surface area contributed by atoms with E-state index in [9.17, 15) is 0 Å². The van der Waals surface area contributed by atoms with E-state index in [0.29, 0.717) is 0 Å². The quantitative estimate of drug-likeness (QED) is 0.434. The minimum absolute atomic E-state index is 0. The average Bonchev–Trinajstić information content (AvgIpc) is 0.722. The van der Waals surface area contributed by atoms with Crippen LogP contribution in [-0.4, -0.2) is 17.4 Å². The molecule has 0 atom stereocenters. The van der Waals surface area contributed by atoms with Gasteiger partial charge in [0.15, 0.2) is 0 Å². The van der Waals surface area contributed by atoms with Crippen LogP contribution in [0.15, 0.2) is 0 Å². The van der Waals surface area contributed by atoms with Gasteiger partial charge in [0.05, 0.1) is 0 Å². The van der Waals surface area contributed by atoms with Crippen molar-refractivity contribution in [3.8, 4) is 0 Å². The fraction of sp³-hybridized carbons (Fsp3) is 1.00. The van der Waals surface area contributed by atoms with Crippen LogP contribution in [0.1, 0.15) is 0 Å². The molecule has 0 nitrogen and oxygen atoms in total. The van der Waals surface area contributed by atoms with E-state index in [4.69, 9.17) is 0 Å². The Morgan fingerprint density at radius 1 is 1.17 bits per heavy atom. The molecule has 3 heteroatoms. The molecule has 0 N–H and O–H groups in total. The number of hydrogen-bond acceptors (Lipinski definition) is 0. The van der Waals surface area contributed by atoms with Crippen LogP contribution < -0.4 is 0 Å². The van der Waals surface area contributed by atoms with Gasteiger partial charge in [0.25, 0.3) is 0 Å². The monoisotopic (exact) mass is 152 g/mol. The predicted octanol–water partition coefficient (Wildman–Crippen LogP) is 0.184. The fourth-order valence-corrected chi connectivity index (χ4v) is 0. The summed E-state index contributed by atoms with van der Waals surface area (Å²) in [4.78, 5) is 0. The molecular weight excluding hydrogens is 140 g/mol. The Labute approximate surface area is 58.8 Å². The standard InChI is InChI=1S/C3H12Si2.Ti/c1-5(2,3)4;/h1-4H3;. The zero-order valence-corrected chi connectivity index (χ0v) is 9.56. The summed E-state index contributed by atoms with van der Waals surface area (Å²) in [6.07, 6.45) is 0. The van der Waals surface area contributed by atoms with E-state index in [1.54, 1.807) is 0 Å². The zero-order chi connectivity index (χ0) is 4.50. The molecule has 0 saturated heterocycles. The molecular formula is C3H12Si2Ti.